The number of unbranched alkanes of at least 4 members (excludes halogenated alkanes) is 1. The fraction of sp³-hybridized carbons (Fsp3) is 0.571. The molecule has 0 radical (unpaired) electrons. The van der Waals surface area contributed by atoms with Crippen LogP contribution in [0.5, 0.6) is 0 Å². The Balaban J connectivity index is 2.32. The average Bonchev–Trinajstić information content (AvgIpc) is 2.80. The number of hydrogen-bond donors (Lipinski definition) is 0. The third-order valence-corrected chi connectivity index (χ3v) is 7.41. The number of benzene rings is 1. The van der Waals surface area contributed by atoms with E-state index in [0.29, 0.717) is 13.0 Å². The van der Waals surface area contributed by atoms with Crippen LogP contribution in [0.1, 0.15) is 26.2 Å². The molecule has 0 saturated carbocycles. The van der Waals surface area contributed by atoms with Gasteiger partial charge in [0.1, 0.15) is 0 Å². The minimum absolute atomic E-state index is 0.0667. The van der Waals surface area contributed by atoms with Gasteiger partial charge in [-0.2, -0.15) is 4.31 Å². The van der Waals surface area contributed by atoms with Crippen molar-refractivity contribution in [3.05, 3.63) is 30.3 Å². The number of hydrogen-bond acceptors (Lipinski definition) is 4. The fourth-order valence-electron chi connectivity index (χ4n) is 2.54. The molecule has 2 rings (SSSR count). The maximum Gasteiger partial charge on any atom is 0.243 e. The van der Waals surface area contributed by atoms with Crippen LogP contribution in [0.25, 0.3) is 0 Å². The van der Waals surface area contributed by atoms with Crippen LogP contribution >= 0.6 is 0 Å². The predicted octanol–water partition coefficient (Wildman–Crippen LogP) is 1.66. The van der Waals surface area contributed by atoms with Crippen molar-refractivity contribution in [2.45, 2.75) is 37.1 Å². The van der Waals surface area contributed by atoms with Gasteiger partial charge in [0.05, 0.1) is 16.4 Å². The molecule has 0 bridgehead atoms. The molecule has 1 aromatic rings. The summed E-state index contributed by atoms with van der Waals surface area (Å²) in [4.78, 5) is 0.227. The van der Waals surface area contributed by atoms with E-state index >= 15 is 0 Å². The zero-order chi connectivity index (χ0) is 15.5. The lowest BCUT2D eigenvalue weighted by Crippen LogP contribution is -2.41. The first kappa shape index (κ1) is 16.5. The van der Waals surface area contributed by atoms with Gasteiger partial charge in [0.2, 0.25) is 10.0 Å². The average molecular weight is 331 g/mol. The second-order valence-corrected chi connectivity index (χ2v) is 9.46. The minimum atomic E-state index is -3.64. The fourth-order valence-corrected chi connectivity index (χ4v) is 6.08. The van der Waals surface area contributed by atoms with Crippen molar-refractivity contribution in [2.75, 3.05) is 18.1 Å². The first-order valence-electron chi connectivity index (χ1n) is 7.14. The molecule has 0 N–H and O–H groups in total. The van der Waals surface area contributed by atoms with Gasteiger partial charge in [-0.15, -0.1) is 0 Å². The zero-order valence-corrected chi connectivity index (χ0v) is 13.7. The van der Waals surface area contributed by atoms with Crippen LogP contribution in [0.4, 0.5) is 0 Å². The second-order valence-electron chi connectivity index (χ2n) is 5.34. The Bertz CT molecular complexity index is 668. The Morgan fingerprint density at radius 2 is 1.90 bits per heavy atom. The van der Waals surface area contributed by atoms with Gasteiger partial charge in [-0.05, 0) is 25.0 Å². The smallest absolute Gasteiger partial charge is 0.229 e. The van der Waals surface area contributed by atoms with Crippen molar-refractivity contribution < 1.29 is 16.8 Å². The molecule has 0 amide bonds. The van der Waals surface area contributed by atoms with Crippen molar-refractivity contribution in [1.82, 2.24) is 4.31 Å². The van der Waals surface area contributed by atoms with Gasteiger partial charge >= 0.3 is 0 Å². The molecule has 7 heteroatoms. The van der Waals surface area contributed by atoms with Crippen LogP contribution in [0.3, 0.4) is 0 Å². The van der Waals surface area contributed by atoms with Crippen LogP contribution in [0.2, 0.25) is 0 Å². The molecular weight excluding hydrogens is 310 g/mol. The highest BCUT2D eigenvalue weighted by atomic mass is 32.2. The van der Waals surface area contributed by atoms with Crippen molar-refractivity contribution in [3.8, 4) is 0 Å². The SMILES string of the molecule is CCCCN([C@@H]1CCS(=O)(=O)C1)S(=O)(=O)c1ccccc1. The molecule has 5 nitrogen and oxygen atoms in total. The Morgan fingerprint density at radius 3 is 2.43 bits per heavy atom. The van der Waals surface area contributed by atoms with E-state index in [1.807, 2.05) is 6.92 Å². The van der Waals surface area contributed by atoms with E-state index in [-0.39, 0.29) is 16.4 Å². The first-order valence-corrected chi connectivity index (χ1v) is 10.4. The number of rotatable bonds is 6. The zero-order valence-electron chi connectivity index (χ0n) is 12.1. The van der Waals surface area contributed by atoms with Gasteiger partial charge in [0.15, 0.2) is 9.84 Å². The summed E-state index contributed by atoms with van der Waals surface area (Å²) in [6.45, 7) is 2.35. The Morgan fingerprint density at radius 1 is 1.24 bits per heavy atom. The molecule has 0 unspecified atom stereocenters. The van der Waals surface area contributed by atoms with Gasteiger partial charge < -0.3 is 0 Å². The number of sulfone groups is 1. The molecule has 1 saturated heterocycles. The highest BCUT2D eigenvalue weighted by Crippen LogP contribution is 2.25. The number of nitrogens with zero attached hydrogens (tertiary/aromatic N) is 1. The van der Waals surface area contributed by atoms with Crippen LogP contribution < -0.4 is 0 Å². The normalized spacial score (nSPS) is 21.7. The topological polar surface area (TPSA) is 71.5 Å². The molecule has 1 aliphatic rings. The molecule has 1 heterocycles. The summed E-state index contributed by atoms with van der Waals surface area (Å²) in [7, 11) is -6.75. The van der Waals surface area contributed by atoms with Gasteiger partial charge in [0.25, 0.3) is 0 Å². The molecule has 118 valence electrons. The van der Waals surface area contributed by atoms with Gasteiger partial charge in [-0.1, -0.05) is 31.5 Å². The van der Waals surface area contributed by atoms with Crippen LogP contribution in [-0.2, 0) is 19.9 Å². The van der Waals surface area contributed by atoms with E-state index in [1.54, 1.807) is 30.3 Å². The summed E-state index contributed by atoms with van der Waals surface area (Å²) < 4.78 is 50.2. The quantitative estimate of drug-likeness (QED) is 0.795. The van der Waals surface area contributed by atoms with Gasteiger partial charge in [0, 0.05) is 12.6 Å². The molecule has 1 atom stereocenters. The van der Waals surface area contributed by atoms with Crippen LogP contribution in [-0.4, -0.2) is 45.2 Å². The first-order chi connectivity index (χ1) is 9.87. The van der Waals surface area contributed by atoms with E-state index in [1.165, 1.54) is 4.31 Å². The molecule has 1 aromatic carbocycles. The molecule has 0 aromatic heterocycles. The summed E-state index contributed by atoms with van der Waals surface area (Å²) in [6.07, 6.45) is 1.97. The largest absolute Gasteiger partial charge is 0.243 e. The molecule has 0 aliphatic carbocycles. The lowest BCUT2D eigenvalue weighted by atomic mass is 10.2. The predicted molar refractivity (Wildman–Crippen MR) is 82.3 cm³/mol. The minimum Gasteiger partial charge on any atom is -0.229 e. The standard InChI is InChI=1S/C14H21NO4S2/c1-2-3-10-15(13-9-11-20(16,17)12-13)21(18,19)14-7-5-4-6-8-14/h4-8,13H,2-3,9-12H2,1H3/t13-/m1/s1. The summed E-state index contributed by atoms with van der Waals surface area (Å²) in [6, 6.07) is 7.78. The van der Waals surface area contributed by atoms with Crippen molar-refractivity contribution in [1.29, 1.82) is 0 Å². The third-order valence-electron chi connectivity index (χ3n) is 3.70. The summed E-state index contributed by atoms with van der Waals surface area (Å²) in [5, 5.41) is 0. The second kappa shape index (κ2) is 6.46. The van der Waals surface area contributed by atoms with Crippen LogP contribution in [0.15, 0.2) is 35.2 Å². The summed E-state index contributed by atoms with van der Waals surface area (Å²) in [5.41, 5.74) is 0. The van der Waals surface area contributed by atoms with E-state index in [0.717, 1.165) is 12.8 Å². The highest BCUT2D eigenvalue weighted by Gasteiger charge is 2.38. The van der Waals surface area contributed by atoms with Crippen molar-refractivity contribution in [3.63, 3.8) is 0 Å². The molecule has 1 aliphatic heterocycles. The molecule has 1 fully saturated rings. The van der Waals surface area contributed by atoms with E-state index in [9.17, 15) is 16.8 Å². The molecular formula is C14H21NO4S2. The summed E-state index contributed by atoms with van der Waals surface area (Å²) in [5.74, 6) is 0.00732. The maximum absolute atomic E-state index is 12.8. The van der Waals surface area contributed by atoms with Gasteiger partial charge in [-0.25, -0.2) is 16.8 Å². The Kier molecular flexibility index (Phi) is 5.06. The Hall–Kier alpha value is -0.920. The lowest BCUT2D eigenvalue weighted by molar-refractivity contribution is 0.335. The van der Waals surface area contributed by atoms with E-state index < -0.39 is 25.9 Å². The maximum atomic E-state index is 12.8. The molecule has 0 spiro atoms. The molecule has 21 heavy (non-hydrogen) atoms. The van der Waals surface area contributed by atoms with E-state index in [2.05, 4.69) is 0 Å². The lowest BCUT2D eigenvalue weighted by Gasteiger charge is -2.27. The van der Waals surface area contributed by atoms with E-state index in [4.69, 9.17) is 0 Å². The summed E-state index contributed by atoms with van der Waals surface area (Å²) >= 11 is 0. The van der Waals surface area contributed by atoms with Crippen LogP contribution in [0, 0.1) is 0 Å². The Labute approximate surface area is 126 Å². The van der Waals surface area contributed by atoms with Crippen molar-refractivity contribution >= 4 is 19.9 Å². The monoisotopic (exact) mass is 331 g/mol. The highest BCUT2D eigenvalue weighted by molar-refractivity contribution is 7.92. The number of sulfonamides is 1. The van der Waals surface area contributed by atoms with Crippen molar-refractivity contribution in [2.24, 2.45) is 0 Å². The third kappa shape index (κ3) is 3.84. The van der Waals surface area contributed by atoms with Gasteiger partial charge in [-0.3, -0.25) is 0 Å².